The van der Waals surface area contributed by atoms with Crippen molar-refractivity contribution in [2.45, 2.75) is 38.5 Å². The van der Waals surface area contributed by atoms with E-state index < -0.39 is 0 Å². The molecule has 0 aliphatic heterocycles. The Morgan fingerprint density at radius 2 is 1.83 bits per heavy atom. The Hall–Kier alpha value is -1.72. The number of benzene rings is 1. The highest BCUT2D eigenvalue weighted by Gasteiger charge is 2.18. The maximum absolute atomic E-state index is 10.0. The van der Waals surface area contributed by atoms with Gasteiger partial charge in [0.15, 0.2) is 11.5 Å². The predicted octanol–water partition coefficient (Wildman–Crippen LogP) is 4.99. The highest BCUT2D eigenvalue weighted by molar-refractivity contribution is 6.37. The van der Waals surface area contributed by atoms with Crippen molar-refractivity contribution in [2.75, 3.05) is 5.73 Å². The fraction of sp³-hybridized carbons (Fsp3) is 0.412. The fourth-order valence-corrected chi connectivity index (χ4v) is 3.61. The van der Waals surface area contributed by atoms with Gasteiger partial charge in [0.05, 0.1) is 21.9 Å². The van der Waals surface area contributed by atoms with Gasteiger partial charge >= 0.3 is 6.01 Å². The summed E-state index contributed by atoms with van der Waals surface area (Å²) < 4.78 is 5.63. The lowest BCUT2D eigenvalue weighted by Gasteiger charge is -2.21. The molecule has 3 N–H and O–H groups in total. The maximum atomic E-state index is 10.0. The van der Waals surface area contributed by atoms with Crippen LogP contribution in [0.1, 0.15) is 37.8 Å². The van der Waals surface area contributed by atoms with Crippen molar-refractivity contribution in [1.82, 2.24) is 9.97 Å². The molecule has 1 aromatic heterocycles. The third-order valence-corrected chi connectivity index (χ3v) is 4.81. The fourth-order valence-electron chi connectivity index (χ4n) is 3.02. The van der Waals surface area contributed by atoms with Crippen molar-refractivity contribution in [3.8, 4) is 17.5 Å². The summed E-state index contributed by atoms with van der Waals surface area (Å²) in [4.78, 5) is 8.33. The molecule has 128 valence electrons. The molecule has 0 spiro atoms. The van der Waals surface area contributed by atoms with Gasteiger partial charge in [-0.2, -0.15) is 9.97 Å². The van der Waals surface area contributed by atoms with Gasteiger partial charge in [0, 0.05) is 5.69 Å². The Morgan fingerprint density at radius 3 is 2.50 bits per heavy atom. The van der Waals surface area contributed by atoms with Crippen LogP contribution in [0.4, 0.5) is 5.69 Å². The van der Waals surface area contributed by atoms with Crippen molar-refractivity contribution in [1.29, 1.82) is 0 Å². The molecule has 1 saturated carbocycles. The first-order valence-corrected chi connectivity index (χ1v) is 8.76. The average Bonchev–Trinajstić information content (AvgIpc) is 2.55. The highest BCUT2D eigenvalue weighted by Crippen LogP contribution is 2.38. The summed E-state index contributed by atoms with van der Waals surface area (Å²) in [6.45, 7) is 0. The number of aromatic nitrogens is 2. The Labute approximate surface area is 150 Å². The number of nitrogens with two attached hydrogens (primary N) is 1. The Balaban J connectivity index is 1.80. The van der Waals surface area contributed by atoms with Crippen LogP contribution in [-0.4, -0.2) is 15.1 Å². The van der Waals surface area contributed by atoms with E-state index >= 15 is 0 Å². The van der Waals surface area contributed by atoms with Gasteiger partial charge in [-0.25, -0.2) is 0 Å². The van der Waals surface area contributed by atoms with Crippen molar-refractivity contribution < 1.29 is 9.84 Å². The SMILES string of the molecule is Nc1cc(Cl)c(Oc2ncc(O)c(CC3CCCCC3)n2)c(Cl)c1. The topological polar surface area (TPSA) is 81.3 Å². The van der Waals surface area contributed by atoms with Crippen molar-refractivity contribution in [2.24, 2.45) is 5.92 Å². The zero-order chi connectivity index (χ0) is 17.1. The lowest BCUT2D eigenvalue weighted by atomic mass is 9.86. The van der Waals surface area contributed by atoms with E-state index in [-0.39, 0.29) is 27.6 Å². The number of hydrogen-bond donors (Lipinski definition) is 2. The summed E-state index contributed by atoms with van der Waals surface area (Å²) in [5.41, 5.74) is 6.72. The van der Waals surface area contributed by atoms with Crippen LogP contribution in [0.15, 0.2) is 18.3 Å². The average molecular weight is 368 g/mol. The van der Waals surface area contributed by atoms with Gasteiger partial charge in [-0.05, 0) is 24.5 Å². The second kappa shape index (κ2) is 7.45. The molecule has 0 bridgehead atoms. The first-order valence-electron chi connectivity index (χ1n) is 8.00. The minimum atomic E-state index is 0.0856. The number of rotatable bonds is 4. The van der Waals surface area contributed by atoms with Crippen LogP contribution in [-0.2, 0) is 6.42 Å². The zero-order valence-corrected chi connectivity index (χ0v) is 14.6. The second-order valence-electron chi connectivity index (χ2n) is 6.11. The number of halogens is 2. The van der Waals surface area contributed by atoms with E-state index in [1.165, 1.54) is 25.5 Å². The lowest BCUT2D eigenvalue weighted by molar-refractivity contribution is 0.344. The van der Waals surface area contributed by atoms with Gasteiger partial charge in [-0.3, -0.25) is 0 Å². The minimum absolute atomic E-state index is 0.0856. The van der Waals surface area contributed by atoms with E-state index in [0.29, 0.717) is 23.7 Å². The van der Waals surface area contributed by atoms with E-state index in [4.69, 9.17) is 33.7 Å². The molecule has 1 fully saturated rings. The summed E-state index contributed by atoms with van der Waals surface area (Å²) in [6.07, 6.45) is 8.14. The quantitative estimate of drug-likeness (QED) is 0.744. The summed E-state index contributed by atoms with van der Waals surface area (Å²) in [5, 5.41) is 10.6. The van der Waals surface area contributed by atoms with Gasteiger partial charge in [0.1, 0.15) is 0 Å². The van der Waals surface area contributed by atoms with Crippen molar-refractivity contribution in [3.63, 3.8) is 0 Å². The number of nitrogen functional groups attached to an aromatic ring is 1. The first-order chi connectivity index (χ1) is 11.5. The molecular formula is C17H19Cl2N3O2. The lowest BCUT2D eigenvalue weighted by Crippen LogP contribution is -2.11. The van der Waals surface area contributed by atoms with E-state index in [9.17, 15) is 5.11 Å². The van der Waals surface area contributed by atoms with Crippen LogP contribution in [0.3, 0.4) is 0 Å². The normalized spacial score (nSPS) is 15.4. The Kier molecular flexibility index (Phi) is 5.31. The molecule has 1 aromatic carbocycles. The van der Waals surface area contributed by atoms with Gasteiger partial charge in [0.25, 0.3) is 0 Å². The zero-order valence-electron chi connectivity index (χ0n) is 13.1. The molecule has 24 heavy (non-hydrogen) atoms. The highest BCUT2D eigenvalue weighted by atomic mass is 35.5. The Bertz CT molecular complexity index is 711. The summed E-state index contributed by atoms with van der Waals surface area (Å²) in [7, 11) is 0. The Morgan fingerprint density at radius 1 is 1.17 bits per heavy atom. The third-order valence-electron chi connectivity index (χ3n) is 4.24. The van der Waals surface area contributed by atoms with Gasteiger partial charge in [-0.1, -0.05) is 55.3 Å². The summed E-state index contributed by atoms with van der Waals surface area (Å²) in [6, 6.07) is 3.20. The van der Waals surface area contributed by atoms with Gasteiger partial charge in [-0.15, -0.1) is 0 Å². The van der Waals surface area contributed by atoms with Crippen molar-refractivity contribution >= 4 is 28.9 Å². The largest absolute Gasteiger partial charge is 0.504 e. The van der Waals surface area contributed by atoms with Crippen LogP contribution < -0.4 is 10.5 Å². The van der Waals surface area contributed by atoms with Gasteiger partial charge in [0.2, 0.25) is 0 Å². The molecule has 5 nitrogen and oxygen atoms in total. The molecule has 0 saturated heterocycles. The first kappa shape index (κ1) is 17.1. The second-order valence-corrected chi connectivity index (χ2v) is 6.92. The van der Waals surface area contributed by atoms with E-state index in [1.807, 2.05) is 0 Å². The van der Waals surface area contributed by atoms with Crippen LogP contribution in [0.5, 0.6) is 17.5 Å². The third kappa shape index (κ3) is 4.02. The molecule has 2 aromatic rings. The number of ether oxygens (including phenoxy) is 1. The van der Waals surface area contributed by atoms with Gasteiger partial charge < -0.3 is 15.6 Å². The summed E-state index contributed by atoms with van der Waals surface area (Å²) in [5.74, 6) is 0.875. The summed E-state index contributed by atoms with van der Waals surface area (Å²) >= 11 is 12.2. The number of aromatic hydroxyl groups is 1. The minimum Gasteiger partial charge on any atom is -0.504 e. The van der Waals surface area contributed by atoms with Crippen molar-refractivity contribution in [3.05, 3.63) is 34.1 Å². The number of hydrogen-bond acceptors (Lipinski definition) is 5. The standard InChI is InChI=1S/C17H19Cl2N3O2/c18-12-7-11(20)8-13(19)16(12)24-17-21-9-15(23)14(22-17)6-10-4-2-1-3-5-10/h7-10,23H,1-6,20H2. The molecule has 1 heterocycles. The molecular weight excluding hydrogens is 349 g/mol. The monoisotopic (exact) mass is 367 g/mol. The predicted molar refractivity (Wildman–Crippen MR) is 94.9 cm³/mol. The molecule has 0 amide bonds. The molecule has 0 atom stereocenters. The maximum Gasteiger partial charge on any atom is 0.322 e. The molecule has 3 rings (SSSR count). The molecule has 7 heteroatoms. The van der Waals surface area contributed by atoms with E-state index in [0.717, 1.165) is 12.8 Å². The van der Waals surface area contributed by atoms with Crippen LogP contribution >= 0.6 is 23.2 Å². The smallest absolute Gasteiger partial charge is 0.322 e. The van der Waals surface area contributed by atoms with Crippen LogP contribution in [0.2, 0.25) is 10.0 Å². The van der Waals surface area contributed by atoms with E-state index in [1.54, 1.807) is 12.1 Å². The van der Waals surface area contributed by atoms with Crippen LogP contribution in [0, 0.1) is 5.92 Å². The van der Waals surface area contributed by atoms with Crippen LogP contribution in [0.25, 0.3) is 0 Å². The molecule has 0 radical (unpaired) electrons. The molecule has 1 aliphatic carbocycles. The number of nitrogens with zero attached hydrogens (tertiary/aromatic N) is 2. The molecule has 0 unspecified atom stereocenters. The molecule has 1 aliphatic rings. The number of anilines is 1. The van der Waals surface area contributed by atoms with E-state index in [2.05, 4.69) is 9.97 Å².